The van der Waals surface area contributed by atoms with Gasteiger partial charge in [-0.15, -0.1) is 0 Å². The first-order valence-corrected chi connectivity index (χ1v) is 4.27. The summed E-state index contributed by atoms with van der Waals surface area (Å²) in [5.41, 5.74) is 0.109. The molecule has 0 atom stereocenters. The molecule has 0 saturated heterocycles. The Balaban J connectivity index is 2.63. The van der Waals surface area contributed by atoms with Crippen molar-refractivity contribution in [2.24, 2.45) is 0 Å². The van der Waals surface area contributed by atoms with Gasteiger partial charge in [0.1, 0.15) is 5.56 Å². The minimum absolute atomic E-state index is 0.0422. The number of ether oxygens (including phenoxy) is 2. The molecule has 0 fully saturated rings. The first kappa shape index (κ1) is 8.50. The average Bonchev–Trinajstić information content (AvgIpc) is 2.07. The van der Waals surface area contributed by atoms with E-state index in [9.17, 15) is 9.18 Å². The van der Waals surface area contributed by atoms with E-state index in [0.29, 0.717) is 4.47 Å². The lowest BCUT2D eigenvalue weighted by Crippen LogP contribution is -2.19. The van der Waals surface area contributed by atoms with Crippen molar-refractivity contribution in [2.75, 3.05) is 6.79 Å². The molecule has 3 nitrogen and oxygen atoms in total. The Hall–Kier alpha value is -1.10. The van der Waals surface area contributed by atoms with Gasteiger partial charge in [0.05, 0.1) is 0 Å². The Morgan fingerprint density at radius 2 is 2.15 bits per heavy atom. The summed E-state index contributed by atoms with van der Waals surface area (Å²) in [5.74, 6) is -1.18. The number of carbonyl (C=O) groups excluding carboxylic acids is 1. The molecule has 0 unspecified atom stereocenters. The lowest BCUT2D eigenvalue weighted by molar-refractivity contribution is 0.00327. The SMILES string of the molecule is O=C1OCOc2c(F)cc(Br)cc21. The van der Waals surface area contributed by atoms with Gasteiger partial charge in [0, 0.05) is 4.47 Å². The van der Waals surface area contributed by atoms with E-state index < -0.39 is 11.8 Å². The van der Waals surface area contributed by atoms with Gasteiger partial charge in [-0.1, -0.05) is 15.9 Å². The van der Waals surface area contributed by atoms with Gasteiger partial charge in [0.2, 0.25) is 6.79 Å². The van der Waals surface area contributed by atoms with Crippen LogP contribution in [0, 0.1) is 5.82 Å². The third-order valence-corrected chi connectivity index (χ3v) is 2.08. The molecule has 0 bridgehead atoms. The van der Waals surface area contributed by atoms with Gasteiger partial charge < -0.3 is 9.47 Å². The van der Waals surface area contributed by atoms with Crippen molar-refractivity contribution in [2.45, 2.75) is 0 Å². The molecular formula is C8H4BrFO3. The van der Waals surface area contributed by atoms with Crippen LogP contribution in [0.15, 0.2) is 16.6 Å². The first-order chi connectivity index (χ1) is 6.18. The van der Waals surface area contributed by atoms with E-state index in [1.165, 1.54) is 12.1 Å². The third kappa shape index (κ3) is 1.39. The van der Waals surface area contributed by atoms with E-state index in [1.54, 1.807) is 0 Å². The lowest BCUT2D eigenvalue weighted by Gasteiger charge is -2.17. The van der Waals surface area contributed by atoms with E-state index in [-0.39, 0.29) is 18.1 Å². The van der Waals surface area contributed by atoms with Crippen molar-refractivity contribution >= 4 is 21.9 Å². The fourth-order valence-corrected chi connectivity index (χ4v) is 1.51. The monoisotopic (exact) mass is 246 g/mol. The Kier molecular flexibility index (Phi) is 1.95. The third-order valence-electron chi connectivity index (χ3n) is 1.62. The maximum Gasteiger partial charge on any atom is 0.344 e. The lowest BCUT2D eigenvalue weighted by atomic mass is 10.2. The molecule has 1 aromatic carbocycles. The van der Waals surface area contributed by atoms with E-state index in [1.807, 2.05) is 0 Å². The normalized spacial score (nSPS) is 14.5. The van der Waals surface area contributed by atoms with Crippen molar-refractivity contribution in [3.05, 3.63) is 28.0 Å². The molecule has 1 aromatic rings. The summed E-state index contributed by atoms with van der Waals surface area (Å²) < 4.78 is 23.0. The maximum atomic E-state index is 13.1. The van der Waals surface area contributed by atoms with Crippen molar-refractivity contribution in [1.29, 1.82) is 0 Å². The minimum Gasteiger partial charge on any atom is -0.453 e. The van der Waals surface area contributed by atoms with Crippen LogP contribution in [0.1, 0.15) is 10.4 Å². The van der Waals surface area contributed by atoms with Crippen molar-refractivity contribution in [1.82, 2.24) is 0 Å². The molecule has 5 heteroatoms. The zero-order valence-electron chi connectivity index (χ0n) is 6.34. The highest BCUT2D eigenvalue weighted by Crippen LogP contribution is 2.30. The predicted octanol–water partition coefficient (Wildman–Crippen LogP) is 2.09. The van der Waals surface area contributed by atoms with Gasteiger partial charge in [0.15, 0.2) is 11.6 Å². The first-order valence-electron chi connectivity index (χ1n) is 3.47. The summed E-state index contributed by atoms with van der Waals surface area (Å²) >= 11 is 3.07. The molecule has 0 aliphatic carbocycles. The molecule has 1 aliphatic rings. The number of cyclic esters (lactones) is 1. The van der Waals surface area contributed by atoms with E-state index in [2.05, 4.69) is 20.7 Å². The highest BCUT2D eigenvalue weighted by Gasteiger charge is 2.23. The van der Waals surface area contributed by atoms with Gasteiger partial charge in [-0.3, -0.25) is 0 Å². The van der Waals surface area contributed by atoms with Crippen molar-refractivity contribution in [3.8, 4) is 5.75 Å². The number of carbonyl (C=O) groups is 1. The number of hydrogen-bond donors (Lipinski definition) is 0. The van der Waals surface area contributed by atoms with Crippen LogP contribution >= 0.6 is 15.9 Å². The summed E-state index contributed by atoms with van der Waals surface area (Å²) in [5, 5.41) is 0. The topological polar surface area (TPSA) is 35.5 Å². The second-order valence-corrected chi connectivity index (χ2v) is 3.37. The average molecular weight is 247 g/mol. The summed E-state index contributed by atoms with van der Waals surface area (Å²) in [6.45, 7) is -0.232. The van der Waals surface area contributed by atoms with Crippen molar-refractivity contribution in [3.63, 3.8) is 0 Å². The van der Waals surface area contributed by atoms with Crippen LogP contribution in [0.5, 0.6) is 5.75 Å². The number of benzene rings is 1. The predicted molar refractivity (Wildman–Crippen MR) is 45.0 cm³/mol. The highest BCUT2D eigenvalue weighted by atomic mass is 79.9. The van der Waals surface area contributed by atoms with E-state index >= 15 is 0 Å². The molecule has 0 amide bonds. The van der Waals surface area contributed by atoms with Gasteiger partial charge in [-0.25, -0.2) is 9.18 Å². The van der Waals surface area contributed by atoms with Crippen molar-refractivity contribution < 1.29 is 18.7 Å². The van der Waals surface area contributed by atoms with Crippen LogP contribution in [-0.4, -0.2) is 12.8 Å². The Bertz CT molecular complexity index is 378. The molecule has 0 aromatic heterocycles. The molecular weight excluding hydrogens is 243 g/mol. The zero-order chi connectivity index (χ0) is 9.42. The summed E-state index contributed by atoms with van der Waals surface area (Å²) in [7, 11) is 0. The molecule has 1 aliphatic heterocycles. The summed E-state index contributed by atoms with van der Waals surface area (Å²) in [6, 6.07) is 2.69. The Morgan fingerprint density at radius 3 is 2.92 bits per heavy atom. The van der Waals surface area contributed by atoms with Gasteiger partial charge in [-0.05, 0) is 12.1 Å². The largest absolute Gasteiger partial charge is 0.453 e. The molecule has 0 N–H and O–H groups in total. The second-order valence-electron chi connectivity index (χ2n) is 2.46. The fraction of sp³-hybridized carbons (Fsp3) is 0.125. The maximum absolute atomic E-state index is 13.1. The van der Waals surface area contributed by atoms with Gasteiger partial charge in [0.25, 0.3) is 0 Å². The highest BCUT2D eigenvalue weighted by molar-refractivity contribution is 9.10. The molecule has 0 saturated carbocycles. The number of halogens is 2. The quantitative estimate of drug-likeness (QED) is 0.658. The smallest absolute Gasteiger partial charge is 0.344 e. The number of hydrogen-bond acceptors (Lipinski definition) is 3. The molecule has 0 radical (unpaired) electrons. The Morgan fingerprint density at radius 1 is 1.38 bits per heavy atom. The molecule has 0 spiro atoms. The fourth-order valence-electron chi connectivity index (χ4n) is 1.08. The van der Waals surface area contributed by atoms with Gasteiger partial charge in [-0.2, -0.15) is 0 Å². The number of esters is 1. The zero-order valence-corrected chi connectivity index (χ0v) is 7.93. The van der Waals surface area contributed by atoms with Crippen LogP contribution in [0.4, 0.5) is 4.39 Å². The van der Waals surface area contributed by atoms with Crippen LogP contribution in [-0.2, 0) is 4.74 Å². The molecule has 13 heavy (non-hydrogen) atoms. The second kappa shape index (κ2) is 2.99. The summed E-state index contributed by atoms with van der Waals surface area (Å²) in [4.78, 5) is 11.1. The molecule has 2 rings (SSSR count). The van der Waals surface area contributed by atoms with Gasteiger partial charge >= 0.3 is 5.97 Å². The Labute approximate surface area is 81.6 Å². The van der Waals surface area contributed by atoms with Crippen LogP contribution in [0.2, 0.25) is 0 Å². The van der Waals surface area contributed by atoms with Crippen LogP contribution in [0.25, 0.3) is 0 Å². The molecule has 68 valence electrons. The minimum atomic E-state index is -0.568. The van der Waals surface area contributed by atoms with Crippen LogP contribution in [0.3, 0.4) is 0 Å². The standard InChI is InChI=1S/C8H4BrFO3/c9-4-1-5-7(6(10)2-4)12-3-13-8(5)11/h1-2H,3H2. The molecule has 1 heterocycles. The van der Waals surface area contributed by atoms with Crippen LogP contribution < -0.4 is 4.74 Å². The number of fused-ring (bicyclic) bond motifs is 1. The van der Waals surface area contributed by atoms with E-state index in [4.69, 9.17) is 4.74 Å². The summed E-state index contributed by atoms with van der Waals surface area (Å²) in [6.07, 6.45) is 0. The van der Waals surface area contributed by atoms with E-state index in [0.717, 1.165) is 0 Å². The number of rotatable bonds is 0.